The van der Waals surface area contributed by atoms with Gasteiger partial charge in [-0.3, -0.25) is 4.79 Å². The molecule has 16 nitrogen and oxygen atoms in total. The van der Waals surface area contributed by atoms with E-state index in [2.05, 4.69) is 26.1 Å². The molecule has 7 aromatic rings. The van der Waals surface area contributed by atoms with Gasteiger partial charge in [-0.25, -0.2) is 19.2 Å². The Balaban J connectivity index is 1.16. The van der Waals surface area contributed by atoms with E-state index < -0.39 is 111 Å². The van der Waals surface area contributed by atoms with Gasteiger partial charge in [0.05, 0.1) is 35.5 Å². The van der Waals surface area contributed by atoms with Gasteiger partial charge in [0, 0.05) is 6.92 Å². The molecule has 424 valence electrons. The number of esters is 4. The van der Waals surface area contributed by atoms with Crippen molar-refractivity contribution in [2.24, 2.45) is 0 Å². The average Bonchev–Trinajstić information content (AvgIpc) is 2.09. The lowest BCUT2D eigenvalue weighted by atomic mass is 9.95. The molecule has 2 saturated heterocycles. The molecule has 7 aromatic carbocycles. The Labute approximate surface area is 477 Å². The first-order valence-corrected chi connectivity index (χ1v) is 28.9. The summed E-state index contributed by atoms with van der Waals surface area (Å²) in [5, 5.41) is 17.0. The van der Waals surface area contributed by atoms with Gasteiger partial charge in [-0.2, -0.15) is 0 Å². The van der Waals surface area contributed by atoms with Gasteiger partial charge in [0.2, 0.25) is 5.91 Å². The summed E-state index contributed by atoms with van der Waals surface area (Å²) < 4.78 is 59.4. The largest absolute Gasteiger partial charge is 0.458 e. The fraction of sp³-hybridized carbons (Fsp3) is 0.277. The molecule has 0 radical (unpaired) electrons. The van der Waals surface area contributed by atoms with Crippen LogP contribution in [-0.4, -0.2) is 118 Å². The number of hydrogen-bond acceptors (Lipinski definition) is 15. The highest BCUT2D eigenvalue weighted by Crippen LogP contribution is 2.40. The first kappa shape index (κ1) is 58.5. The number of hydrogen-bond donors (Lipinski definition) is 2. The van der Waals surface area contributed by atoms with E-state index in [1.807, 2.05) is 91.0 Å². The van der Waals surface area contributed by atoms with Gasteiger partial charge in [-0.05, 0) is 69.5 Å². The van der Waals surface area contributed by atoms with Gasteiger partial charge in [0.25, 0.3) is 8.32 Å². The Kier molecular flexibility index (Phi) is 19.3. The molecule has 0 aliphatic carbocycles. The molecule has 2 heterocycles. The van der Waals surface area contributed by atoms with E-state index in [1.54, 1.807) is 97.1 Å². The molecular weight excluding hydrogens is 1060 g/mol. The van der Waals surface area contributed by atoms with E-state index in [1.165, 1.54) is 31.2 Å². The molecule has 2 N–H and O–H groups in total. The van der Waals surface area contributed by atoms with E-state index in [0.29, 0.717) is 0 Å². The Hall–Kier alpha value is -8.13. The average molecular weight is 1130 g/mol. The fourth-order valence-electron chi connectivity index (χ4n) is 10.3. The minimum atomic E-state index is -3.42. The van der Waals surface area contributed by atoms with Crippen LogP contribution in [0.5, 0.6) is 0 Å². The van der Waals surface area contributed by atoms with Crippen LogP contribution in [0.25, 0.3) is 0 Å². The molecule has 1 amide bonds. The molecule has 0 saturated carbocycles. The molecule has 2 fully saturated rings. The maximum Gasteiger partial charge on any atom is 0.338 e. The SMILES string of the molecule is CC(=O)N[C@H]1[C@@H](OCc2ccccc2)O[C@H](CO[Si](c2ccccc2)(c2ccccc2)C(C)(C)C)[C@@H](O[C@@H]2O[C@@H]([C@@H](COC(=O)c3ccccc3)OC(=O)c3ccccc3)[C@H](OC(=O)c3ccccc3)[C@H]2O)[C@@H]1OC(=O)c1ccccc1. The Morgan fingerprint density at radius 3 is 1.46 bits per heavy atom. The van der Waals surface area contributed by atoms with Crippen molar-refractivity contribution in [3.05, 3.63) is 240 Å². The quantitative estimate of drug-likeness (QED) is 0.0398. The summed E-state index contributed by atoms with van der Waals surface area (Å²) in [6, 6.07) is 60.2. The molecular formula is C65H65NO15Si. The van der Waals surface area contributed by atoms with Crippen molar-refractivity contribution in [1.29, 1.82) is 0 Å². The van der Waals surface area contributed by atoms with Gasteiger partial charge >= 0.3 is 23.9 Å². The van der Waals surface area contributed by atoms with E-state index >= 15 is 0 Å². The van der Waals surface area contributed by atoms with Gasteiger partial charge in [-0.15, -0.1) is 0 Å². The predicted molar refractivity (Wildman–Crippen MR) is 304 cm³/mol. The predicted octanol–water partition coefficient (Wildman–Crippen LogP) is 8.01. The molecule has 0 spiro atoms. The van der Waals surface area contributed by atoms with Crippen molar-refractivity contribution in [3.63, 3.8) is 0 Å². The van der Waals surface area contributed by atoms with Gasteiger partial charge in [-0.1, -0.05) is 185 Å². The molecule has 0 aromatic heterocycles. The highest BCUT2D eigenvalue weighted by molar-refractivity contribution is 6.99. The number of benzene rings is 7. The molecule has 2 aliphatic heterocycles. The third kappa shape index (κ3) is 13.9. The second-order valence-electron chi connectivity index (χ2n) is 20.8. The third-order valence-corrected chi connectivity index (χ3v) is 19.2. The number of ether oxygens (including phenoxy) is 8. The Bertz CT molecular complexity index is 3150. The smallest absolute Gasteiger partial charge is 0.338 e. The van der Waals surface area contributed by atoms with Crippen molar-refractivity contribution in [3.8, 4) is 0 Å². The second kappa shape index (κ2) is 27.1. The van der Waals surface area contributed by atoms with Gasteiger partial charge < -0.3 is 52.7 Å². The highest BCUT2D eigenvalue weighted by Gasteiger charge is 2.58. The van der Waals surface area contributed by atoms with Crippen LogP contribution in [0, 0.1) is 0 Å². The zero-order valence-corrected chi connectivity index (χ0v) is 46.8. The lowest BCUT2D eigenvalue weighted by Crippen LogP contribution is -2.70. The van der Waals surface area contributed by atoms with Crippen molar-refractivity contribution >= 4 is 48.5 Å². The topological polar surface area (TPSA) is 201 Å². The number of rotatable bonds is 21. The number of aliphatic hydroxyl groups is 1. The number of carbonyl (C=O) groups excluding carboxylic acids is 5. The number of aliphatic hydroxyl groups excluding tert-OH is 1. The number of nitrogens with one attached hydrogen (secondary N) is 1. The van der Waals surface area contributed by atoms with Crippen molar-refractivity contribution in [2.75, 3.05) is 13.2 Å². The zero-order chi connectivity index (χ0) is 57.6. The summed E-state index contributed by atoms with van der Waals surface area (Å²) in [6.07, 6.45) is -14.3. The van der Waals surface area contributed by atoms with Crippen LogP contribution in [0.2, 0.25) is 5.04 Å². The van der Waals surface area contributed by atoms with Gasteiger partial charge in [0.15, 0.2) is 30.9 Å². The second-order valence-corrected chi connectivity index (χ2v) is 25.2. The lowest BCUT2D eigenvalue weighted by Gasteiger charge is -2.48. The van der Waals surface area contributed by atoms with E-state index in [0.717, 1.165) is 15.9 Å². The first-order chi connectivity index (χ1) is 39.7. The van der Waals surface area contributed by atoms with E-state index in [9.17, 15) is 29.1 Å². The summed E-state index contributed by atoms with van der Waals surface area (Å²) in [6.45, 7) is 6.69. The first-order valence-electron chi connectivity index (χ1n) is 27.0. The monoisotopic (exact) mass is 1130 g/mol. The molecule has 9 rings (SSSR count). The minimum Gasteiger partial charge on any atom is -0.458 e. The maximum atomic E-state index is 14.6. The highest BCUT2D eigenvalue weighted by atomic mass is 28.4. The van der Waals surface area contributed by atoms with Crippen LogP contribution >= 0.6 is 0 Å². The number of amides is 1. The van der Waals surface area contributed by atoms with Crippen LogP contribution in [0.1, 0.15) is 74.7 Å². The Morgan fingerprint density at radius 1 is 0.549 bits per heavy atom. The van der Waals surface area contributed by atoms with Crippen molar-refractivity contribution in [1.82, 2.24) is 5.32 Å². The van der Waals surface area contributed by atoms with Crippen molar-refractivity contribution < 1.29 is 71.4 Å². The standard InChI is InChI=1S/C65H65NO15Si/c1-43(67)66-53-57(78-61(71)47-32-18-8-19-33-47)55(52(77-63(53)74-40-44-26-12-5-13-27-44)42-75-82(65(2,3)4,49-36-22-10-23-37-49)50-38-24-11-25-39-50)80-64-54(68)58(79-62(72)48-34-20-9-21-35-48)56(81-64)51(76-60(70)46-30-16-7-17-31-46)41-73-59(69)45-28-14-6-15-29-45/h5-39,51-58,63-64,68H,40-42H2,1-4H3,(H,66,67)/t51-,52-,53-,54-,55-,56+,57-,58-,63+,64-/m1/s1. The van der Waals surface area contributed by atoms with Gasteiger partial charge in [0.1, 0.15) is 37.1 Å². The summed E-state index contributed by atoms with van der Waals surface area (Å²) in [5.41, 5.74) is 1.36. The molecule has 2 aliphatic rings. The summed E-state index contributed by atoms with van der Waals surface area (Å²) in [5.74, 6) is -3.86. The van der Waals surface area contributed by atoms with Crippen LogP contribution in [0.3, 0.4) is 0 Å². The van der Waals surface area contributed by atoms with E-state index in [4.69, 9.17) is 42.3 Å². The lowest BCUT2D eigenvalue weighted by molar-refractivity contribution is -0.309. The molecule has 10 atom stereocenters. The van der Waals surface area contributed by atoms with Crippen LogP contribution in [0.4, 0.5) is 0 Å². The third-order valence-electron chi connectivity index (χ3n) is 14.2. The van der Waals surface area contributed by atoms with Crippen LogP contribution in [-0.2, 0) is 53.7 Å². The van der Waals surface area contributed by atoms with Crippen molar-refractivity contribution in [2.45, 2.75) is 101 Å². The van der Waals surface area contributed by atoms with Crippen LogP contribution in [0.15, 0.2) is 212 Å². The summed E-state index contributed by atoms with van der Waals surface area (Å²) in [7, 11) is -3.42. The molecule has 82 heavy (non-hydrogen) atoms. The molecule has 0 bridgehead atoms. The Morgan fingerprint density at radius 2 is 0.988 bits per heavy atom. The molecule has 0 unspecified atom stereocenters. The maximum absolute atomic E-state index is 14.6. The number of carbonyl (C=O) groups is 5. The summed E-state index contributed by atoms with van der Waals surface area (Å²) in [4.78, 5) is 69.8. The minimum absolute atomic E-state index is 0.00667. The van der Waals surface area contributed by atoms with E-state index in [-0.39, 0.29) is 35.5 Å². The molecule has 17 heteroatoms. The van der Waals surface area contributed by atoms with Crippen LogP contribution < -0.4 is 15.7 Å². The fourth-order valence-corrected chi connectivity index (χ4v) is 14.9. The zero-order valence-electron chi connectivity index (χ0n) is 45.8. The summed E-state index contributed by atoms with van der Waals surface area (Å²) >= 11 is 0. The normalized spacial score (nSPS) is 22.0.